The summed E-state index contributed by atoms with van der Waals surface area (Å²) >= 11 is 3.52. The van der Waals surface area contributed by atoms with Crippen LogP contribution in [0.4, 0.5) is 0 Å². The molecular weight excluding hydrogens is 408 g/mol. The summed E-state index contributed by atoms with van der Waals surface area (Å²) in [7, 11) is -3.22. The number of sulfonamides is 1. The van der Waals surface area contributed by atoms with Crippen LogP contribution in [0.1, 0.15) is 39.2 Å². The molecule has 0 fully saturated rings. The number of benzene rings is 1. The standard InChI is InChI=1S/C17H27BrN2O4S/c1-17(2,3)13-7-8-15(14(18)12-13)24-11-5-6-16(21)19-9-10-20-25(4,22)23/h7-8,12,20H,5-6,9-11H2,1-4H3,(H,19,21). The Bertz CT molecular complexity index is 684. The van der Waals surface area contributed by atoms with Gasteiger partial charge in [-0.1, -0.05) is 26.8 Å². The third-order valence-electron chi connectivity index (χ3n) is 3.42. The number of hydrogen-bond donors (Lipinski definition) is 2. The Labute approximate surface area is 158 Å². The number of hydrogen-bond acceptors (Lipinski definition) is 4. The molecule has 0 spiro atoms. The van der Waals surface area contributed by atoms with Crippen LogP contribution >= 0.6 is 15.9 Å². The molecule has 142 valence electrons. The molecule has 0 saturated heterocycles. The first-order chi connectivity index (χ1) is 11.5. The number of amides is 1. The summed E-state index contributed by atoms with van der Waals surface area (Å²) in [5.41, 5.74) is 1.29. The van der Waals surface area contributed by atoms with Crippen molar-refractivity contribution in [1.29, 1.82) is 0 Å². The fourth-order valence-corrected chi connectivity index (χ4v) is 2.99. The summed E-state index contributed by atoms with van der Waals surface area (Å²) in [6.45, 7) is 7.35. The molecule has 0 atom stereocenters. The maximum absolute atomic E-state index is 11.6. The van der Waals surface area contributed by atoms with E-state index in [0.717, 1.165) is 16.5 Å². The van der Waals surface area contributed by atoms with Crippen molar-refractivity contribution in [2.75, 3.05) is 26.0 Å². The fraction of sp³-hybridized carbons (Fsp3) is 0.588. The van der Waals surface area contributed by atoms with Crippen LogP contribution < -0.4 is 14.8 Å². The van der Waals surface area contributed by atoms with Gasteiger partial charge in [-0.3, -0.25) is 4.79 Å². The van der Waals surface area contributed by atoms with Crippen molar-refractivity contribution < 1.29 is 17.9 Å². The van der Waals surface area contributed by atoms with E-state index in [1.165, 1.54) is 5.56 Å². The van der Waals surface area contributed by atoms with Crippen LogP contribution in [0, 0.1) is 0 Å². The fourth-order valence-electron chi connectivity index (χ4n) is 2.03. The molecule has 1 aromatic carbocycles. The van der Waals surface area contributed by atoms with Crippen LogP contribution in [-0.2, 0) is 20.2 Å². The third-order valence-corrected chi connectivity index (χ3v) is 4.76. The molecule has 0 aromatic heterocycles. The molecule has 0 radical (unpaired) electrons. The van der Waals surface area contributed by atoms with Gasteiger partial charge in [-0.15, -0.1) is 0 Å². The summed E-state index contributed by atoms with van der Waals surface area (Å²) in [6, 6.07) is 6.03. The normalized spacial score (nSPS) is 12.0. The molecule has 0 bridgehead atoms. The van der Waals surface area contributed by atoms with Gasteiger partial charge in [0.25, 0.3) is 0 Å². The van der Waals surface area contributed by atoms with Gasteiger partial charge in [0.05, 0.1) is 17.3 Å². The van der Waals surface area contributed by atoms with Crippen molar-refractivity contribution in [2.24, 2.45) is 0 Å². The van der Waals surface area contributed by atoms with Crippen LogP contribution in [0.15, 0.2) is 22.7 Å². The second kappa shape index (κ2) is 9.54. The van der Waals surface area contributed by atoms with E-state index >= 15 is 0 Å². The van der Waals surface area contributed by atoms with Crippen molar-refractivity contribution >= 4 is 31.9 Å². The molecule has 0 aliphatic rings. The SMILES string of the molecule is CC(C)(C)c1ccc(OCCCC(=O)NCCNS(C)(=O)=O)c(Br)c1. The molecule has 1 aromatic rings. The largest absolute Gasteiger partial charge is 0.492 e. The summed E-state index contributed by atoms with van der Waals surface area (Å²) in [4.78, 5) is 11.6. The summed E-state index contributed by atoms with van der Waals surface area (Å²) < 4.78 is 30.7. The highest BCUT2D eigenvalue weighted by Gasteiger charge is 2.15. The van der Waals surface area contributed by atoms with Crippen LogP contribution in [-0.4, -0.2) is 40.3 Å². The van der Waals surface area contributed by atoms with Crippen LogP contribution in [0.5, 0.6) is 5.75 Å². The lowest BCUT2D eigenvalue weighted by Gasteiger charge is -2.20. The Morgan fingerprint density at radius 2 is 1.92 bits per heavy atom. The number of carbonyl (C=O) groups is 1. The molecular formula is C17H27BrN2O4S. The smallest absolute Gasteiger partial charge is 0.220 e. The number of rotatable bonds is 9. The van der Waals surface area contributed by atoms with E-state index in [1.807, 2.05) is 12.1 Å². The summed E-state index contributed by atoms with van der Waals surface area (Å²) in [5, 5.41) is 2.66. The van der Waals surface area contributed by atoms with Gasteiger partial charge in [0, 0.05) is 19.5 Å². The van der Waals surface area contributed by atoms with Gasteiger partial charge in [0.1, 0.15) is 5.75 Å². The van der Waals surface area contributed by atoms with E-state index in [4.69, 9.17) is 4.74 Å². The molecule has 6 nitrogen and oxygen atoms in total. The Kier molecular flexibility index (Phi) is 8.37. The summed E-state index contributed by atoms with van der Waals surface area (Å²) in [6.07, 6.45) is 1.99. The summed E-state index contributed by atoms with van der Waals surface area (Å²) in [5.74, 6) is 0.631. The highest BCUT2D eigenvalue weighted by molar-refractivity contribution is 9.10. The van der Waals surface area contributed by atoms with Gasteiger partial charge in [-0.05, 0) is 45.5 Å². The second-order valence-electron chi connectivity index (χ2n) is 6.86. The zero-order valence-electron chi connectivity index (χ0n) is 15.2. The van der Waals surface area contributed by atoms with E-state index in [2.05, 4.69) is 52.8 Å². The van der Waals surface area contributed by atoms with Gasteiger partial charge in [0.2, 0.25) is 15.9 Å². The van der Waals surface area contributed by atoms with E-state index < -0.39 is 10.0 Å². The minimum atomic E-state index is -3.22. The van der Waals surface area contributed by atoms with Crippen LogP contribution in [0.3, 0.4) is 0 Å². The number of ether oxygens (including phenoxy) is 1. The molecule has 8 heteroatoms. The average Bonchev–Trinajstić information content (AvgIpc) is 2.47. The molecule has 25 heavy (non-hydrogen) atoms. The van der Waals surface area contributed by atoms with Gasteiger partial charge in [-0.25, -0.2) is 13.1 Å². The molecule has 0 aliphatic heterocycles. The minimum absolute atomic E-state index is 0.0745. The van der Waals surface area contributed by atoms with E-state index in [-0.39, 0.29) is 24.4 Å². The lowest BCUT2D eigenvalue weighted by Crippen LogP contribution is -2.34. The first-order valence-electron chi connectivity index (χ1n) is 8.13. The Balaban J connectivity index is 2.28. The number of halogens is 1. The predicted octanol–water partition coefficient (Wildman–Crippen LogP) is 2.57. The highest BCUT2D eigenvalue weighted by atomic mass is 79.9. The molecule has 2 N–H and O–H groups in total. The molecule has 1 amide bonds. The highest BCUT2D eigenvalue weighted by Crippen LogP contribution is 2.31. The van der Waals surface area contributed by atoms with Crippen molar-refractivity contribution in [3.8, 4) is 5.75 Å². The maximum Gasteiger partial charge on any atom is 0.220 e. The van der Waals surface area contributed by atoms with Crippen molar-refractivity contribution in [3.05, 3.63) is 28.2 Å². The van der Waals surface area contributed by atoms with Gasteiger partial charge in [-0.2, -0.15) is 0 Å². The Morgan fingerprint density at radius 1 is 1.24 bits per heavy atom. The van der Waals surface area contributed by atoms with Crippen molar-refractivity contribution in [2.45, 2.75) is 39.0 Å². The van der Waals surface area contributed by atoms with E-state index in [1.54, 1.807) is 0 Å². The lowest BCUT2D eigenvalue weighted by molar-refractivity contribution is -0.121. The lowest BCUT2D eigenvalue weighted by atomic mass is 9.87. The molecule has 1 rings (SSSR count). The minimum Gasteiger partial charge on any atom is -0.492 e. The zero-order chi connectivity index (χ0) is 19.1. The van der Waals surface area contributed by atoms with Crippen molar-refractivity contribution in [1.82, 2.24) is 10.0 Å². The molecule has 0 saturated carbocycles. The third kappa shape index (κ3) is 9.23. The Hall–Kier alpha value is -1.12. The van der Waals surface area contributed by atoms with E-state index in [0.29, 0.717) is 19.4 Å². The van der Waals surface area contributed by atoms with Gasteiger partial charge >= 0.3 is 0 Å². The predicted molar refractivity (Wildman–Crippen MR) is 103 cm³/mol. The molecule has 0 heterocycles. The first kappa shape index (κ1) is 21.9. The van der Waals surface area contributed by atoms with Gasteiger partial charge in [0.15, 0.2) is 0 Å². The topological polar surface area (TPSA) is 84.5 Å². The maximum atomic E-state index is 11.6. The van der Waals surface area contributed by atoms with Gasteiger partial charge < -0.3 is 10.1 Å². The zero-order valence-corrected chi connectivity index (χ0v) is 17.6. The Morgan fingerprint density at radius 3 is 2.48 bits per heavy atom. The van der Waals surface area contributed by atoms with E-state index in [9.17, 15) is 13.2 Å². The van der Waals surface area contributed by atoms with Crippen LogP contribution in [0.25, 0.3) is 0 Å². The molecule has 0 aliphatic carbocycles. The second-order valence-corrected chi connectivity index (χ2v) is 9.55. The quantitative estimate of drug-likeness (QED) is 0.584. The average molecular weight is 435 g/mol. The first-order valence-corrected chi connectivity index (χ1v) is 10.8. The number of nitrogens with one attached hydrogen (secondary N) is 2. The van der Waals surface area contributed by atoms with Crippen LogP contribution in [0.2, 0.25) is 0 Å². The monoisotopic (exact) mass is 434 g/mol. The number of carbonyl (C=O) groups excluding carboxylic acids is 1. The van der Waals surface area contributed by atoms with Crippen molar-refractivity contribution in [3.63, 3.8) is 0 Å². The molecule has 0 unspecified atom stereocenters.